The largest absolute Gasteiger partial charge is 0.480 e. The molecular formula is C12H24N2O6. The van der Waals surface area contributed by atoms with Crippen LogP contribution in [0.2, 0.25) is 0 Å². The second-order valence-electron chi connectivity index (χ2n) is 5.37. The van der Waals surface area contributed by atoms with Gasteiger partial charge in [-0.15, -0.1) is 0 Å². The van der Waals surface area contributed by atoms with Crippen LogP contribution in [0, 0.1) is 0 Å². The second kappa shape index (κ2) is 8.03. The van der Waals surface area contributed by atoms with Gasteiger partial charge >= 0.3 is 12.1 Å². The van der Waals surface area contributed by atoms with E-state index >= 15 is 0 Å². The van der Waals surface area contributed by atoms with E-state index in [9.17, 15) is 19.8 Å². The molecule has 0 aliphatic carbocycles. The zero-order valence-corrected chi connectivity index (χ0v) is 12.2. The first-order chi connectivity index (χ1) is 9.06. The number of aliphatic hydroxyl groups excluding tert-OH is 2. The number of aliphatic carboxylic acids is 1. The third-order valence-electron chi connectivity index (χ3n) is 2.34. The predicted molar refractivity (Wildman–Crippen MR) is 71.1 cm³/mol. The van der Waals surface area contributed by atoms with Crippen molar-refractivity contribution in [3.63, 3.8) is 0 Å². The van der Waals surface area contributed by atoms with E-state index in [1.807, 2.05) is 0 Å². The predicted octanol–water partition coefficient (Wildman–Crippen LogP) is -0.357. The average Bonchev–Trinajstić information content (AvgIpc) is 2.29. The number of hydrogen-bond donors (Lipinski definition) is 5. The Hall–Kier alpha value is -1.38. The molecule has 3 atom stereocenters. The van der Waals surface area contributed by atoms with Gasteiger partial charge in [-0.3, -0.25) is 10.1 Å². The minimum atomic E-state index is -1.47. The second-order valence-corrected chi connectivity index (χ2v) is 5.37. The molecule has 1 amide bonds. The van der Waals surface area contributed by atoms with E-state index in [1.54, 1.807) is 27.7 Å². The van der Waals surface area contributed by atoms with Crippen molar-refractivity contribution in [3.05, 3.63) is 0 Å². The summed E-state index contributed by atoms with van der Waals surface area (Å²) in [5.41, 5.74) is -0.673. The van der Waals surface area contributed by atoms with Crippen LogP contribution in [0.5, 0.6) is 0 Å². The van der Waals surface area contributed by atoms with Gasteiger partial charge in [0.1, 0.15) is 17.9 Å². The van der Waals surface area contributed by atoms with Crippen LogP contribution in [0.25, 0.3) is 0 Å². The molecule has 0 aliphatic rings. The SMILES string of the molecule is CCC(NC(=O)OC(C)(C)C)C(O)[C@H](O)NCC(=O)O. The average molecular weight is 292 g/mol. The fraction of sp³-hybridized carbons (Fsp3) is 0.833. The summed E-state index contributed by atoms with van der Waals surface area (Å²) in [7, 11) is 0. The van der Waals surface area contributed by atoms with Gasteiger partial charge in [-0.25, -0.2) is 4.79 Å². The third kappa shape index (κ3) is 7.93. The Labute approximate surface area is 118 Å². The van der Waals surface area contributed by atoms with E-state index in [0.717, 1.165) is 0 Å². The van der Waals surface area contributed by atoms with Gasteiger partial charge in [0, 0.05) is 0 Å². The molecule has 0 saturated carbocycles. The molecule has 8 nitrogen and oxygen atoms in total. The summed E-state index contributed by atoms with van der Waals surface area (Å²) in [6, 6.07) is -0.763. The Bertz CT molecular complexity index is 328. The van der Waals surface area contributed by atoms with E-state index in [1.165, 1.54) is 0 Å². The van der Waals surface area contributed by atoms with E-state index < -0.39 is 42.6 Å². The number of aliphatic hydroxyl groups is 2. The summed E-state index contributed by atoms with van der Waals surface area (Å²) in [4.78, 5) is 21.9. The lowest BCUT2D eigenvalue weighted by Gasteiger charge is -2.28. The molecule has 5 N–H and O–H groups in total. The molecule has 0 aromatic rings. The first kappa shape index (κ1) is 18.6. The van der Waals surface area contributed by atoms with Crippen LogP contribution in [0.4, 0.5) is 4.79 Å². The smallest absolute Gasteiger partial charge is 0.407 e. The Kier molecular flexibility index (Phi) is 7.48. The molecule has 0 saturated heterocycles. The molecule has 118 valence electrons. The molecule has 0 fully saturated rings. The lowest BCUT2D eigenvalue weighted by Crippen LogP contribution is -2.54. The Balaban J connectivity index is 4.43. The summed E-state index contributed by atoms with van der Waals surface area (Å²) >= 11 is 0. The summed E-state index contributed by atoms with van der Waals surface area (Å²) < 4.78 is 5.04. The van der Waals surface area contributed by atoms with Crippen LogP contribution in [-0.4, -0.2) is 57.9 Å². The maximum absolute atomic E-state index is 11.6. The molecular weight excluding hydrogens is 268 g/mol. The molecule has 0 rings (SSSR count). The number of nitrogens with one attached hydrogen (secondary N) is 2. The van der Waals surface area contributed by atoms with Crippen LogP contribution in [0.15, 0.2) is 0 Å². The molecule has 0 aromatic heterocycles. The molecule has 0 radical (unpaired) electrons. The van der Waals surface area contributed by atoms with Crippen LogP contribution in [0.1, 0.15) is 34.1 Å². The van der Waals surface area contributed by atoms with E-state index in [2.05, 4.69) is 10.6 Å². The number of ether oxygens (including phenoxy) is 1. The molecule has 8 heteroatoms. The number of carbonyl (C=O) groups excluding carboxylic acids is 1. The normalized spacial score (nSPS) is 16.1. The highest BCUT2D eigenvalue weighted by molar-refractivity contribution is 5.69. The third-order valence-corrected chi connectivity index (χ3v) is 2.34. The van der Waals surface area contributed by atoms with E-state index in [4.69, 9.17) is 9.84 Å². The van der Waals surface area contributed by atoms with Crippen molar-refractivity contribution < 1.29 is 29.6 Å². The first-order valence-electron chi connectivity index (χ1n) is 6.37. The number of carboxylic acids is 1. The van der Waals surface area contributed by atoms with Crippen LogP contribution >= 0.6 is 0 Å². The van der Waals surface area contributed by atoms with Crippen LogP contribution < -0.4 is 10.6 Å². The molecule has 0 aromatic carbocycles. The monoisotopic (exact) mass is 292 g/mol. The zero-order valence-electron chi connectivity index (χ0n) is 12.2. The van der Waals surface area contributed by atoms with E-state index in [-0.39, 0.29) is 0 Å². The number of alkyl carbamates (subject to hydrolysis) is 1. The molecule has 0 spiro atoms. The van der Waals surface area contributed by atoms with Gasteiger partial charge in [0.05, 0.1) is 12.6 Å². The molecule has 2 unspecified atom stereocenters. The minimum Gasteiger partial charge on any atom is -0.480 e. The first-order valence-corrected chi connectivity index (χ1v) is 6.37. The highest BCUT2D eigenvalue weighted by Gasteiger charge is 2.28. The van der Waals surface area contributed by atoms with Gasteiger partial charge in [-0.05, 0) is 27.2 Å². The molecule has 20 heavy (non-hydrogen) atoms. The van der Waals surface area contributed by atoms with Gasteiger partial charge in [0.2, 0.25) is 0 Å². The van der Waals surface area contributed by atoms with Crippen molar-refractivity contribution in [2.45, 2.75) is 58.1 Å². The molecule has 0 aliphatic heterocycles. The van der Waals surface area contributed by atoms with Crippen molar-refractivity contribution in [1.82, 2.24) is 10.6 Å². The van der Waals surface area contributed by atoms with Crippen LogP contribution in [0.3, 0.4) is 0 Å². The molecule has 0 bridgehead atoms. The van der Waals surface area contributed by atoms with Crippen molar-refractivity contribution in [3.8, 4) is 0 Å². The highest BCUT2D eigenvalue weighted by atomic mass is 16.6. The molecule has 0 heterocycles. The Morgan fingerprint density at radius 1 is 1.25 bits per heavy atom. The Morgan fingerprint density at radius 2 is 1.80 bits per heavy atom. The summed E-state index contributed by atoms with van der Waals surface area (Å²) in [6.45, 7) is 6.31. The number of carboxylic acid groups (broad SMARTS) is 1. The van der Waals surface area contributed by atoms with Gasteiger partial charge in [-0.1, -0.05) is 6.92 Å². The van der Waals surface area contributed by atoms with Gasteiger partial charge in [0.15, 0.2) is 0 Å². The maximum Gasteiger partial charge on any atom is 0.407 e. The fourth-order valence-electron chi connectivity index (χ4n) is 1.42. The van der Waals surface area contributed by atoms with Gasteiger partial charge < -0.3 is 25.4 Å². The number of rotatable bonds is 7. The number of carbonyl (C=O) groups is 2. The quantitative estimate of drug-likeness (QED) is 0.405. The van der Waals surface area contributed by atoms with Crippen molar-refractivity contribution in [2.24, 2.45) is 0 Å². The van der Waals surface area contributed by atoms with E-state index in [0.29, 0.717) is 6.42 Å². The number of hydrogen-bond acceptors (Lipinski definition) is 6. The summed E-state index contributed by atoms with van der Waals surface area (Å²) in [5, 5.41) is 32.6. The maximum atomic E-state index is 11.6. The minimum absolute atomic E-state index is 0.340. The van der Waals surface area contributed by atoms with Crippen molar-refractivity contribution in [2.75, 3.05) is 6.54 Å². The number of amides is 1. The van der Waals surface area contributed by atoms with Gasteiger partial charge in [0.25, 0.3) is 0 Å². The van der Waals surface area contributed by atoms with Crippen molar-refractivity contribution in [1.29, 1.82) is 0 Å². The standard InChI is InChI=1S/C12H24N2O6/c1-5-7(14-11(19)20-12(2,3)4)9(17)10(18)13-6-8(15)16/h7,9-10,13,17-18H,5-6H2,1-4H3,(H,14,19)(H,15,16)/t7?,9?,10-/m0/s1. The lowest BCUT2D eigenvalue weighted by molar-refractivity contribution is -0.137. The summed E-state index contributed by atoms with van der Waals surface area (Å²) in [5.74, 6) is -1.16. The zero-order chi connectivity index (χ0) is 15.9. The highest BCUT2D eigenvalue weighted by Crippen LogP contribution is 2.09. The van der Waals surface area contributed by atoms with Crippen molar-refractivity contribution >= 4 is 12.1 Å². The summed E-state index contributed by atoms with van der Waals surface area (Å²) in [6.07, 6.45) is -3.20. The van der Waals surface area contributed by atoms with Crippen LogP contribution in [-0.2, 0) is 9.53 Å². The topological polar surface area (TPSA) is 128 Å². The lowest BCUT2D eigenvalue weighted by atomic mass is 10.1. The Morgan fingerprint density at radius 3 is 2.20 bits per heavy atom. The fourth-order valence-corrected chi connectivity index (χ4v) is 1.42. The van der Waals surface area contributed by atoms with Gasteiger partial charge in [-0.2, -0.15) is 0 Å².